The van der Waals surface area contributed by atoms with Crippen LogP contribution in [0.3, 0.4) is 0 Å². The van der Waals surface area contributed by atoms with E-state index in [1.165, 1.54) is 6.92 Å². The van der Waals surface area contributed by atoms with Crippen molar-refractivity contribution in [2.75, 3.05) is 36.4 Å². The number of nitrogens with zero attached hydrogens (tertiary/aromatic N) is 6. The maximum Gasteiger partial charge on any atom is 0.316 e. The molecule has 0 aromatic carbocycles. The summed E-state index contributed by atoms with van der Waals surface area (Å²) in [5, 5.41) is 3.42. The number of nitrogens with one attached hydrogen (secondary N) is 1. The van der Waals surface area contributed by atoms with E-state index in [0.717, 1.165) is 31.4 Å². The molecule has 10 nitrogen and oxygen atoms in total. The average molecular weight is 510 g/mol. The third-order valence-electron chi connectivity index (χ3n) is 7.13. The van der Waals surface area contributed by atoms with Crippen LogP contribution >= 0.6 is 11.6 Å². The fourth-order valence-corrected chi connectivity index (χ4v) is 5.38. The van der Waals surface area contributed by atoms with E-state index in [1.807, 2.05) is 12.1 Å². The number of Topliss-reactive ketones (excluding diaryl/α,β-unsaturated/α-hetero) is 1. The predicted octanol–water partition coefficient (Wildman–Crippen LogP) is 4.04. The third kappa shape index (κ3) is 4.53. The van der Waals surface area contributed by atoms with Gasteiger partial charge in [0.25, 0.3) is 5.56 Å². The molecule has 188 valence electrons. The minimum atomic E-state index is -0.422. The van der Waals surface area contributed by atoms with E-state index >= 15 is 0 Å². The summed E-state index contributed by atoms with van der Waals surface area (Å²) in [6.07, 6.45) is 7.30. The molecule has 0 unspecified atom stereocenters. The summed E-state index contributed by atoms with van der Waals surface area (Å²) < 4.78 is 1.70. The quantitative estimate of drug-likeness (QED) is 0.311. The number of aromatic nitrogens is 4. The van der Waals surface area contributed by atoms with Crippen molar-refractivity contribution < 1.29 is 9.59 Å². The maximum absolute atomic E-state index is 13.4. The predicted molar refractivity (Wildman–Crippen MR) is 139 cm³/mol. The van der Waals surface area contributed by atoms with Gasteiger partial charge in [-0.25, -0.2) is 9.97 Å². The number of carbonyl (C=O) groups is 2. The third-order valence-corrected chi connectivity index (χ3v) is 7.37. The molecule has 2 fully saturated rings. The zero-order valence-electron chi connectivity index (χ0n) is 20.3. The molecule has 36 heavy (non-hydrogen) atoms. The second-order valence-electron chi connectivity index (χ2n) is 9.35. The van der Waals surface area contributed by atoms with Crippen molar-refractivity contribution in [1.82, 2.24) is 24.4 Å². The number of fused-ring (bicyclic) bond motifs is 1. The Morgan fingerprint density at radius 3 is 2.39 bits per heavy atom. The summed E-state index contributed by atoms with van der Waals surface area (Å²) in [6.45, 7) is 5.71. The first-order chi connectivity index (χ1) is 17.3. The lowest BCUT2D eigenvalue weighted by Crippen LogP contribution is -2.47. The van der Waals surface area contributed by atoms with Crippen molar-refractivity contribution in [1.29, 1.82) is 0 Å². The molecule has 1 saturated carbocycles. The molecule has 1 aliphatic heterocycles. The normalized spacial score (nSPS) is 16.5. The lowest BCUT2D eigenvalue weighted by Gasteiger charge is -2.34. The smallest absolute Gasteiger partial charge is 0.316 e. The van der Waals surface area contributed by atoms with Crippen LogP contribution in [0.5, 0.6) is 0 Å². The van der Waals surface area contributed by atoms with Crippen molar-refractivity contribution >= 4 is 51.2 Å². The van der Waals surface area contributed by atoms with Crippen LogP contribution in [0, 0.1) is 6.92 Å². The van der Waals surface area contributed by atoms with Crippen LogP contribution in [-0.2, 0) is 0 Å². The van der Waals surface area contributed by atoms with Gasteiger partial charge < -0.3 is 15.1 Å². The summed E-state index contributed by atoms with van der Waals surface area (Å²) >= 11 is 5.57. The van der Waals surface area contributed by atoms with E-state index in [4.69, 9.17) is 16.6 Å². The Kier molecular flexibility index (Phi) is 6.61. The van der Waals surface area contributed by atoms with Crippen molar-refractivity contribution in [3.05, 3.63) is 46.0 Å². The van der Waals surface area contributed by atoms with Gasteiger partial charge in [-0.3, -0.25) is 19.0 Å². The Labute approximate surface area is 213 Å². The molecule has 3 aromatic rings. The van der Waals surface area contributed by atoms with Crippen LogP contribution in [0.4, 0.5) is 22.2 Å². The van der Waals surface area contributed by atoms with Gasteiger partial charge in [0.05, 0.1) is 17.4 Å². The monoisotopic (exact) mass is 509 g/mol. The molecule has 0 bridgehead atoms. The number of piperazine rings is 1. The number of hydrogen-bond donors (Lipinski definition) is 1. The number of halogens is 1. The Bertz CT molecular complexity index is 1380. The van der Waals surface area contributed by atoms with Crippen LogP contribution < -0.4 is 15.8 Å². The largest absolute Gasteiger partial charge is 0.367 e. The van der Waals surface area contributed by atoms with Crippen LogP contribution in [0.1, 0.15) is 54.6 Å². The zero-order chi connectivity index (χ0) is 25.4. The van der Waals surface area contributed by atoms with Crippen molar-refractivity contribution in [2.24, 2.45) is 0 Å². The number of pyridine rings is 2. The molecule has 11 heteroatoms. The number of anilines is 3. The number of hydrogen-bond acceptors (Lipinski definition) is 8. The molecule has 1 aliphatic carbocycles. The summed E-state index contributed by atoms with van der Waals surface area (Å²) in [7, 11) is 0. The lowest BCUT2D eigenvalue weighted by molar-refractivity contribution is 0.101. The van der Waals surface area contributed by atoms with Gasteiger partial charge in [0.1, 0.15) is 11.5 Å². The van der Waals surface area contributed by atoms with Gasteiger partial charge in [-0.15, -0.1) is 0 Å². The molecule has 1 amide bonds. The summed E-state index contributed by atoms with van der Waals surface area (Å²) in [6, 6.07) is 3.82. The number of rotatable bonds is 5. The molecule has 0 atom stereocenters. The number of carbonyl (C=O) groups excluding carboxylic acids is 2. The molecule has 2 aliphatic rings. The van der Waals surface area contributed by atoms with Crippen LogP contribution in [0.15, 0.2) is 29.3 Å². The van der Waals surface area contributed by atoms with Crippen molar-refractivity contribution in [2.45, 2.75) is 45.6 Å². The highest BCUT2D eigenvalue weighted by atomic mass is 35.5. The molecule has 4 heterocycles. The van der Waals surface area contributed by atoms with Crippen LogP contribution in [-0.4, -0.2) is 61.7 Å². The van der Waals surface area contributed by atoms with Gasteiger partial charge >= 0.3 is 5.37 Å². The lowest BCUT2D eigenvalue weighted by atomic mass is 10.0. The molecule has 0 spiro atoms. The average Bonchev–Trinajstić information content (AvgIpc) is 3.39. The SMILES string of the molecule is CC(=O)c1c(C)c2cnc(Nc3ccc(N4CCN(C(=O)Cl)CC4)cn3)nc2n(C2CCCC2)c1=O. The van der Waals surface area contributed by atoms with E-state index < -0.39 is 5.37 Å². The number of ketones is 1. The van der Waals surface area contributed by atoms with E-state index in [9.17, 15) is 14.4 Å². The first-order valence-corrected chi connectivity index (χ1v) is 12.6. The fourth-order valence-electron chi connectivity index (χ4n) is 5.21. The van der Waals surface area contributed by atoms with Gasteiger partial charge in [0.2, 0.25) is 5.95 Å². The maximum atomic E-state index is 13.4. The van der Waals surface area contributed by atoms with Gasteiger partial charge in [-0.2, -0.15) is 4.98 Å². The second-order valence-corrected chi connectivity index (χ2v) is 9.68. The van der Waals surface area contributed by atoms with E-state index in [0.29, 0.717) is 54.5 Å². The molecule has 5 rings (SSSR count). The number of aryl methyl sites for hydroxylation is 1. The van der Waals surface area contributed by atoms with Gasteiger partial charge in [0.15, 0.2) is 5.78 Å². The minimum Gasteiger partial charge on any atom is -0.367 e. The van der Waals surface area contributed by atoms with Gasteiger partial charge in [-0.05, 0) is 56.0 Å². The zero-order valence-corrected chi connectivity index (χ0v) is 21.1. The van der Waals surface area contributed by atoms with E-state index in [2.05, 4.69) is 20.2 Å². The molecule has 1 saturated heterocycles. The standard InChI is InChI=1S/C25H28ClN7O3/c1-15-19-14-28-25(30-22(19)33(17-5-3-4-6-17)23(35)21(15)16(2)34)29-20-8-7-18(13-27-20)31-9-11-32(12-10-31)24(26)36/h7-8,13-14,17H,3-6,9-12H2,1-2H3,(H,27,28,29,30). The summed E-state index contributed by atoms with van der Waals surface area (Å²) in [4.78, 5) is 54.4. The molecule has 0 radical (unpaired) electrons. The molecular formula is C25H28ClN7O3. The number of amides is 1. The summed E-state index contributed by atoms with van der Waals surface area (Å²) in [5.74, 6) is 0.658. The Hall–Kier alpha value is -3.53. The van der Waals surface area contributed by atoms with Crippen molar-refractivity contribution in [3.8, 4) is 0 Å². The topological polar surface area (TPSA) is 113 Å². The van der Waals surface area contributed by atoms with Gasteiger partial charge in [0, 0.05) is 43.8 Å². The summed E-state index contributed by atoms with van der Waals surface area (Å²) in [5.41, 5.74) is 2.04. The van der Waals surface area contributed by atoms with Gasteiger partial charge in [-0.1, -0.05) is 12.8 Å². The van der Waals surface area contributed by atoms with Crippen LogP contribution in [0.25, 0.3) is 11.0 Å². The van der Waals surface area contributed by atoms with Crippen molar-refractivity contribution in [3.63, 3.8) is 0 Å². The first-order valence-electron chi connectivity index (χ1n) is 12.2. The Morgan fingerprint density at radius 2 is 1.78 bits per heavy atom. The fraction of sp³-hybridized carbons (Fsp3) is 0.440. The van der Waals surface area contributed by atoms with E-state index in [-0.39, 0.29) is 22.9 Å². The Balaban J connectivity index is 1.42. The molecule has 1 N–H and O–H groups in total. The highest BCUT2D eigenvalue weighted by molar-refractivity contribution is 6.62. The Morgan fingerprint density at radius 1 is 1.06 bits per heavy atom. The first kappa shape index (κ1) is 24.2. The van der Waals surface area contributed by atoms with Crippen LogP contribution in [0.2, 0.25) is 0 Å². The minimum absolute atomic E-state index is 0.0217. The molecule has 3 aromatic heterocycles. The highest BCUT2D eigenvalue weighted by Crippen LogP contribution is 2.32. The second kappa shape index (κ2) is 9.85. The highest BCUT2D eigenvalue weighted by Gasteiger charge is 2.26. The molecular weight excluding hydrogens is 482 g/mol. The van der Waals surface area contributed by atoms with E-state index in [1.54, 1.807) is 28.8 Å².